The molecule has 3 heteroatoms. The second-order valence-corrected chi connectivity index (χ2v) is 6.80. The summed E-state index contributed by atoms with van der Waals surface area (Å²) in [5, 5.41) is 0. The lowest BCUT2D eigenvalue weighted by molar-refractivity contribution is 0.0280. The minimum Gasteiger partial charge on any atom is -0.445 e. The van der Waals surface area contributed by atoms with Crippen LogP contribution in [-0.4, -0.2) is 11.8 Å². The van der Waals surface area contributed by atoms with E-state index in [1.54, 1.807) is 24.3 Å². The zero-order valence-electron chi connectivity index (χ0n) is 15.7. The third-order valence-corrected chi connectivity index (χ3v) is 4.36. The maximum atomic E-state index is 13.2. The molecular formula is C24H22O3. The summed E-state index contributed by atoms with van der Waals surface area (Å²) in [5.74, 6) is -0.739. The molecule has 0 spiro atoms. The van der Waals surface area contributed by atoms with E-state index in [4.69, 9.17) is 4.74 Å². The van der Waals surface area contributed by atoms with Gasteiger partial charge in [-0.25, -0.2) is 4.79 Å². The molecular weight excluding hydrogens is 336 g/mol. The van der Waals surface area contributed by atoms with Gasteiger partial charge in [-0.05, 0) is 39.0 Å². The molecule has 0 aliphatic carbocycles. The van der Waals surface area contributed by atoms with Crippen LogP contribution in [0.5, 0.6) is 0 Å². The molecule has 1 atom stereocenters. The lowest BCUT2D eigenvalue weighted by atomic mass is 9.97. The van der Waals surface area contributed by atoms with Gasteiger partial charge in [0.25, 0.3) is 0 Å². The van der Waals surface area contributed by atoms with Crippen molar-refractivity contribution < 1.29 is 14.3 Å². The van der Waals surface area contributed by atoms with Crippen LogP contribution in [0, 0.1) is 20.8 Å². The number of hydrogen-bond acceptors (Lipinski definition) is 3. The third kappa shape index (κ3) is 4.50. The van der Waals surface area contributed by atoms with Crippen molar-refractivity contribution in [1.29, 1.82) is 0 Å². The highest BCUT2D eigenvalue weighted by Gasteiger charge is 2.27. The van der Waals surface area contributed by atoms with Crippen molar-refractivity contribution in [3.8, 4) is 0 Å². The average Bonchev–Trinajstić information content (AvgIpc) is 2.65. The normalized spacial score (nSPS) is 11.7. The van der Waals surface area contributed by atoms with E-state index in [1.807, 2.05) is 69.3 Å². The van der Waals surface area contributed by atoms with Gasteiger partial charge < -0.3 is 4.74 Å². The Morgan fingerprint density at radius 3 is 1.81 bits per heavy atom. The Kier molecular flexibility index (Phi) is 5.51. The Balaban J connectivity index is 1.97. The molecule has 0 bridgehead atoms. The van der Waals surface area contributed by atoms with Crippen LogP contribution in [0.4, 0.5) is 0 Å². The number of Topliss-reactive ketones (excluding diaryl/α,β-unsaturated/α-hetero) is 1. The van der Waals surface area contributed by atoms with E-state index in [1.165, 1.54) is 0 Å². The number of esters is 1. The number of hydrogen-bond donors (Lipinski definition) is 0. The van der Waals surface area contributed by atoms with Crippen molar-refractivity contribution in [3.63, 3.8) is 0 Å². The number of carbonyl (C=O) groups is 2. The molecule has 0 aliphatic rings. The summed E-state index contributed by atoms with van der Waals surface area (Å²) >= 11 is 0. The topological polar surface area (TPSA) is 43.4 Å². The summed E-state index contributed by atoms with van der Waals surface area (Å²) < 4.78 is 5.70. The van der Waals surface area contributed by atoms with Crippen molar-refractivity contribution in [3.05, 3.63) is 106 Å². The van der Waals surface area contributed by atoms with Crippen molar-refractivity contribution >= 4 is 11.8 Å². The molecule has 3 nitrogen and oxygen atoms in total. The number of carbonyl (C=O) groups excluding carboxylic acids is 2. The van der Waals surface area contributed by atoms with Gasteiger partial charge in [-0.3, -0.25) is 4.79 Å². The molecule has 3 rings (SSSR count). The summed E-state index contributed by atoms with van der Waals surface area (Å²) in [6, 6.07) is 22.0. The molecule has 3 aromatic carbocycles. The van der Waals surface area contributed by atoms with E-state index in [0.717, 1.165) is 16.7 Å². The molecule has 0 radical (unpaired) electrons. The summed E-state index contributed by atoms with van der Waals surface area (Å²) in [4.78, 5) is 25.9. The van der Waals surface area contributed by atoms with Crippen LogP contribution in [-0.2, 0) is 4.74 Å². The first-order valence-corrected chi connectivity index (χ1v) is 8.89. The highest BCUT2D eigenvalue weighted by Crippen LogP contribution is 2.25. The van der Waals surface area contributed by atoms with Crippen LogP contribution < -0.4 is 0 Å². The minimum absolute atomic E-state index is 0.231. The fourth-order valence-electron chi connectivity index (χ4n) is 3.00. The van der Waals surface area contributed by atoms with Crippen LogP contribution in [0.25, 0.3) is 0 Å². The molecule has 136 valence electrons. The lowest BCUT2D eigenvalue weighted by Crippen LogP contribution is -2.20. The van der Waals surface area contributed by atoms with Gasteiger partial charge in [-0.15, -0.1) is 0 Å². The van der Waals surface area contributed by atoms with Crippen molar-refractivity contribution in [2.45, 2.75) is 26.9 Å². The van der Waals surface area contributed by atoms with Gasteiger partial charge in [0.15, 0.2) is 6.10 Å². The zero-order chi connectivity index (χ0) is 19.4. The molecule has 0 amide bonds. The van der Waals surface area contributed by atoms with Crippen LogP contribution in [0.15, 0.2) is 72.8 Å². The first-order valence-electron chi connectivity index (χ1n) is 8.89. The molecule has 1 unspecified atom stereocenters. The largest absolute Gasteiger partial charge is 0.445 e. The average molecular weight is 358 g/mol. The van der Waals surface area contributed by atoms with E-state index in [0.29, 0.717) is 16.7 Å². The molecule has 0 heterocycles. The Labute approximate surface area is 159 Å². The highest BCUT2D eigenvalue weighted by molar-refractivity contribution is 6.02. The summed E-state index contributed by atoms with van der Waals surface area (Å²) in [6.07, 6.45) is -0.986. The quantitative estimate of drug-likeness (QED) is 0.453. The first-order chi connectivity index (χ1) is 12.9. The smallest absolute Gasteiger partial charge is 0.339 e. The van der Waals surface area contributed by atoms with Crippen LogP contribution in [0.1, 0.15) is 49.1 Å². The summed E-state index contributed by atoms with van der Waals surface area (Å²) in [7, 11) is 0. The Morgan fingerprint density at radius 1 is 0.704 bits per heavy atom. The molecule has 0 aromatic heterocycles. The maximum Gasteiger partial charge on any atom is 0.339 e. The molecule has 0 N–H and O–H groups in total. The number of aryl methyl sites for hydroxylation is 3. The van der Waals surface area contributed by atoms with Crippen molar-refractivity contribution in [1.82, 2.24) is 0 Å². The van der Waals surface area contributed by atoms with E-state index < -0.39 is 12.1 Å². The number of benzene rings is 3. The van der Waals surface area contributed by atoms with Crippen LogP contribution in [0.3, 0.4) is 0 Å². The molecule has 0 saturated heterocycles. The standard InChI is InChI=1S/C24H22O3/c1-16-7-4-10-19(13-16)22(25)23(20-11-5-8-17(2)14-20)27-24(26)21-12-6-9-18(3)15-21/h4-15,23H,1-3H3. The van der Waals surface area contributed by atoms with Gasteiger partial charge in [-0.2, -0.15) is 0 Å². The Hall–Kier alpha value is -3.20. The Bertz CT molecular complexity index is 988. The number of rotatable bonds is 5. The predicted molar refractivity (Wildman–Crippen MR) is 106 cm³/mol. The van der Waals surface area contributed by atoms with Gasteiger partial charge in [0.1, 0.15) is 0 Å². The zero-order valence-corrected chi connectivity index (χ0v) is 15.7. The van der Waals surface area contributed by atoms with Gasteiger partial charge in [0.2, 0.25) is 5.78 Å². The van der Waals surface area contributed by atoms with Gasteiger partial charge in [-0.1, -0.05) is 71.3 Å². The van der Waals surface area contributed by atoms with Crippen LogP contribution >= 0.6 is 0 Å². The summed E-state index contributed by atoms with van der Waals surface area (Å²) in [5.41, 5.74) is 4.57. The summed E-state index contributed by atoms with van der Waals surface area (Å²) in [6.45, 7) is 5.78. The second-order valence-electron chi connectivity index (χ2n) is 6.80. The fraction of sp³-hybridized carbons (Fsp3) is 0.167. The van der Waals surface area contributed by atoms with E-state index in [2.05, 4.69) is 0 Å². The van der Waals surface area contributed by atoms with E-state index in [-0.39, 0.29) is 5.78 Å². The number of ketones is 1. The van der Waals surface area contributed by atoms with Gasteiger partial charge in [0, 0.05) is 11.1 Å². The predicted octanol–water partition coefficient (Wildman–Crippen LogP) is 5.39. The minimum atomic E-state index is -0.986. The monoisotopic (exact) mass is 358 g/mol. The Morgan fingerprint density at radius 2 is 1.22 bits per heavy atom. The SMILES string of the molecule is Cc1cccc(C(=O)OC(C(=O)c2cccc(C)c2)c2cccc(C)c2)c1. The van der Waals surface area contributed by atoms with Crippen molar-refractivity contribution in [2.24, 2.45) is 0 Å². The fourth-order valence-corrected chi connectivity index (χ4v) is 3.00. The maximum absolute atomic E-state index is 13.2. The van der Waals surface area contributed by atoms with Gasteiger partial charge >= 0.3 is 5.97 Å². The molecule has 27 heavy (non-hydrogen) atoms. The second kappa shape index (κ2) is 8.00. The molecule has 3 aromatic rings. The van der Waals surface area contributed by atoms with E-state index in [9.17, 15) is 9.59 Å². The first kappa shape index (κ1) is 18.6. The molecule has 0 aliphatic heterocycles. The van der Waals surface area contributed by atoms with E-state index >= 15 is 0 Å². The highest BCUT2D eigenvalue weighted by atomic mass is 16.5. The molecule has 0 fully saturated rings. The number of ether oxygens (including phenoxy) is 1. The lowest BCUT2D eigenvalue weighted by Gasteiger charge is -2.18. The van der Waals surface area contributed by atoms with Gasteiger partial charge in [0.05, 0.1) is 5.56 Å². The third-order valence-electron chi connectivity index (χ3n) is 4.36. The van der Waals surface area contributed by atoms with Crippen LogP contribution in [0.2, 0.25) is 0 Å². The van der Waals surface area contributed by atoms with Crippen molar-refractivity contribution in [2.75, 3.05) is 0 Å². The molecule has 0 saturated carbocycles.